The number of hydrogen-bond donors (Lipinski definition) is 0. The molecule has 0 rings (SSSR count). The van der Waals surface area contributed by atoms with Crippen molar-refractivity contribution in [1.82, 2.24) is 0 Å². The van der Waals surface area contributed by atoms with Crippen LogP contribution in [0.3, 0.4) is 0 Å². The van der Waals surface area contributed by atoms with Gasteiger partial charge >= 0.3 is 5.97 Å². The number of hydrogen-bond acceptors (Lipinski definition) is 5. The SMILES string of the molecule is C=CC(=O)OCCOOOCCCCCCCCCCCC. The predicted molar refractivity (Wildman–Crippen MR) is 86.0 cm³/mol. The molecule has 5 nitrogen and oxygen atoms in total. The largest absolute Gasteiger partial charge is 0.460 e. The van der Waals surface area contributed by atoms with Gasteiger partial charge in [-0.1, -0.05) is 76.3 Å². The number of unbranched alkanes of at least 4 members (excludes halogenated alkanes) is 9. The fourth-order valence-corrected chi connectivity index (χ4v) is 1.99. The normalized spacial score (nSPS) is 10.6. The second-order valence-electron chi connectivity index (χ2n) is 5.27. The summed E-state index contributed by atoms with van der Waals surface area (Å²) in [6.07, 6.45) is 13.9. The number of ether oxygens (including phenoxy) is 1. The van der Waals surface area contributed by atoms with Gasteiger partial charge in [0.1, 0.15) is 13.2 Å². The molecule has 0 spiro atoms. The Kier molecular flexibility index (Phi) is 17.4. The van der Waals surface area contributed by atoms with E-state index in [1.807, 2.05) is 0 Å². The maximum atomic E-state index is 10.7. The molecule has 0 aliphatic rings. The first-order valence-electron chi connectivity index (χ1n) is 8.51. The number of esters is 1. The fraction of sp³-hybridized carbons (Fsp3) is 0.824. The zero-order chi connectivity index (χ0) is 16.3. The topological polar surface area (TPSA) is 54.0 Å². The molecule has 0 unspecified atom stereocenters. The van der Waals surface area contributed by atoms with E-state index in [-0.39, 0.29) is 13.2 Å². The quantitative estimate of drug-likeness (QED) is 0.130. The molecule has 0 heterocycles. The lowest BCUT2D eigenvalue weighted by Gasteiger charge is -2.04. The van der Waals surface area contributed by atoms with Crippen molar-refractivity contribution in [2.24, 2.45) is 0 Å². The Morgan fingerprint density at radius 1 is 0.818 bits per heavy atom. The van der Waals surface area contributed by atoms with Gasteiger partial charge in [-0.15, -0.1) is 0 Å². The van der Waals surface area contributed by atoms with Crippen LogP contribution in [0, 0.1) is 0 Å². The Morgan fingerprint density at radius 2 is 1.36 bits per heavy atom. The van der Waals surface area contributed by atoms with E-state index in [0.717, 1.165) is 18.9 Å². The molecule has 0 N–H and O–H groups in total. The van der Waals surface area contributed by atoms with Crippen LogP contribution in [0.2, 0.25) is 0 Å². The molecule has 0 saturated heterocycles. The van der Waals surface area contributed by atoms with Gasteiger partial charge in [0.2, 0.25) is 0 Å². The molecule has 0 fully saturated rings. The lowest BCUT2D eigenvalue weighted by Crippen LogP contribution is -2.09. The van der Waals surface area contributed by atoms with Crippen LogP contribution in [-0.4, -0.2) is 25.8 Å². The average molecular weight is 316 g/mol. The molecule has 0 bridgehead atoms. The Morgan fingerprint density at radius 3 is 1.95 bits per heavy atom. The van der Waals surface area contributed by atoms with E-state index in [0.29, 0.717) is 6.61 Å². The van der Waals surface area contributed by atoms with Crippen molar-refractivity contribution in [3.8, 4) is 0 Å². The van der Waals surface area contributed by atoms with E-state index < -0.39 is 5.97 Å². The molecule has 0 radical (unpaired) electrons. The first-order chi connectivity index (χ1) is 10.8. The van der Waals surface area contributed by atoms with Crippen LogP contribution in [-0.2, 0) is 24.3 Å². The van der Waals surface area contributed by atoms with Crippen LogP contribution >= 0.6 is 0 Å². The van der Waals surface area contributed by atoms with Crippen molar-refractivity contribution < 1.29 is 24.3 Å². The molecule has 130 valence electrons. The Hall–Kier alpha value is -0.910. The Balaban J connectivity index is 2.99. The minimum atomic E-state index is -0.477. The van der Waals surface area contributed by atoms with E-state index in [4.69, 9.17) is 4.89 Å². The van der Waals surface area contributed by atoms with Crippen molar-refractivity contribution >= 4 is 5.97 Å². The molecular weight excluding hydrogens is 284 g/mol. The number of rotatable bonds is 17. The van der Waals surface area contributed by atoms with E-state index >= 15 is 0 Å². The van der Waals surface area contributed by atoms with E-state index in [9.17, 15) is 4.79 Å². The second kappa shape index (κ2) is 18.1. The summed E-state index contributed by atoms with van der Waals surface area (Å²) in [5.41, 5.74) is 0. The fourth-order valence-electron chi connectivity index (χ4n) is 1.99. The van der Waals surface area contributed by atoms with Crippen LogP contribution in [0.5, 0.6) is 0 Å². The summed E-state index contributed by atoms with van der Waals surface area (Å²) in [6, 6.07) is 0. The lowest BCUT2D eigenvalue weighted by atomic mass is 10.1. The highest BCUT2D eigenvalue weighted by Crippen LogP contribution is 2.10. The predicted octanol–water partition coefficient (Wildman–Crippen LogP) is 4.52. The lowest BCUT2D eigenvalue weighted by molar-refractivity contribution is -0.513. The molecule has 0 aromatic carbocycles. The minimum Gasteiger partial charge on any atom is -0.460 e. The van der Waals surface area contributed by atoms with E-state index in [2.05, 4.69) is 28.2 Å². The van der Waals surface area contributed by atoms with Gasteiger partial charge in [-0.25, -0.2) is 14.6 Å². The third-order valence-corrected chi connectivity index (χ3v) is 3.26. The maximum absolute atomic E-state index is 10.7. The second-order valence-corrected chi connectivity index (χ2v) is 5.27. The molecule has 0 aromatic rings. The number of carbonyl (C=O) groups excluding carboxylic acids is 1. The Bertz CT molecular complexity index is 255. The molecule has 0 saturated carbocycles. The van der Waals surface area contributed by atoms with Crippen LogP contribution in [0.4, 0.5) is 0 Å². The number of carbonyl (C=O) groups is 1. The smallest absolute Gasteiger partial charge is 0.330 e. The zero-order valence-corrected chi connectivity index (χ0v) is 14.0. The van der Waals surface area contributed by atoms with Gasteiger partial charge in [0, 0.05) is 6.08 Å². The summed E-state index contributed by atoms with van der Waals surface area (Å²) in [7, 11) is 0. The van der Waals surface area contributed by atoms with E-state index in [1.165, 1.54) is 51.4 Å². The van der Waals surface area contributed by atoms with Crippen molar-refractivity contribution in [2.45, 2.75) is 71.1 Å². The molecule has 22 heavy (non-hydrogen) atoms. The molecule has 0 aliphatic heterocycles. The van der Waals surface area contributed by atoms with Crippen molar-refractivity contribution in [3.63, 3.8) is 0 Å². The highest BCUT2D eigenvalue weighted by atomic mass is 17.5. The molecule has 0 amide bonds. The van der Waals surface area contributed by atoms with Gasteiger partial charge in [-0.05, 0) is 6.42 Å². The van der Waals surface area contributed by atoms with Crippen LogP contribution < -0.4 is 0 Å². The summed E-state index contributed by atoms with van der Waals surface area (Å²) < 4.78 is 4.69. The first-order valence-corrected chi connectivity index (χ1v) is 8.51. The van der Waals surface area contributed by atoms with Gasteiger partial charge in [0.15, 0.2) is 0 Å². The summed E-state index contributed by atoms with van der Waals surface area (Å²) in [4.78, 5) is 20.2. The summed E-state index contributed by atoms with van der Waals surface area (Å²) in [6.45, 7) is 6.30. The summed E-state index contributed by atoms with van der Waals surface area (Å²) >= 11 is 0. The molecule has 0 atom stereocenters. The molecule has 0 aliphatic carbocycles. The van der Waals surface area contributed by atoms with Crippen LogP contribution in [0.15, 0.2) is 12.7 Å². The highest BCUT2D eigenvalue weighted by Gasteiger charge is 1.97. The molecular formula is C17H32O5. The van der Waals surface area contributed by atoms with Gasteiger partial charge in [0.25, 0.3) is 0 Å². The van der Waals surface area contributed by atoms with Crippen molar-refractivity contribution in [2.75, 3.05) is 19.8 Å². The average Bonchev–Trinajstić information content (AvgIpc) is 2.54. The van der Waals surface area contributed by atoms with Gasteiger partial charge in [-0.3, -0.25) is 0 Å². The van der Waals surface area contributed by atoms with Crippen molar-refractivity contribution in [1.29, 1.82) is 0 Å². The highest BCUT2D eigenvalue weighted by molar-refractivity contribution is 5.81. The van der Waals surface area contributed by atoms with Gasteiger partial charge in [0.05, 0.1) is 6.61 Å². The molecule has 5 heteroatoms. The third-order valence-electron chi connectivity index (χ3n) is 3.26. The van der Waals surface area contributed by atoms with Crippen LogP contribution in [0.25, 0.3) is 0 Å². The Labute approximate surface area is 134 Å². The summed E-state index contributed by atoms with van der Waals surface area (Å²) in [5, 5.41) is 4.51. The first kappa shape index (κ1) is 21.1. The van der Waals surface area contributed by atoms with E-state index in [1.54, 1.807) is 0 Å². The molecule has 0 aromatic heterocycles. The third kappa shape index (κ3) is 17.1. The van der Waals surface area contributed by atoms with Gasteiger partial charge in [-0.2, -0.15) is 0 Å². The van der Waals surface area contributed by atoms with Gasteiger partial charge < -0.3 is 4.74 Å². The van der Waals surface area contributed by atoms with Crippen molar-refractivity contribution in [3.05, 3.63) is 12.7 Å². The standard InChI is InChI=1S/C17H32O5/c1-3-5-6-7-8-9-10-11-12-13-14-20-22-21-16-15-19-17(18)4-2/h4H,2-3,5-16H2,1H3. The zero-order valence-electron chi connectivity index (χ0n) is 14.0. The summed E-state index contributed by atoms with van der Waals surface area (Å²) in [5.74, 6) is -0.477. The van der Waals surface area contributed by atoms with Crippen LogP contribution in [0.1, 0.15) is 71.1 Å². The monoisotopic (exact) mass is 316 g/mol. The maximum Gasteiger partial charge on any atom is 0.330 e. The minimum absolute atomic E-state index is 0.118.